The molecular formula is C16H24N2O4S. The van der Waals surface area contributed by atoms with Gasteiger partial charge in [-0.3, -0.25) is 9.59 Å². The van der Waals surface area contributed by atoms with Gasteiger partial charge in [-0.05, 0) is 32.6 Å². The maximum absolute atomic E-state index is 12.8. The number of carboxylic acids is 1. The number of thiazole rings is 1. The fraction of sp³-hybridized carbons (Fsp3) is 0.688. The van der Waals surface area contributed by atoms with E-state index in [-0.39, 0.29) is 25.0 Å². The van der Waals surface area contributed by atoms with E-state index in [1.807, 2.05) is 6.92 Å². The van der Waals surface area contributed by atoms with Crippen molar-refractivity contribution in [1.82, 2.24) is 9.88 Å². The Kier molecular flexibility index (Phi) is 6.53. The van der Waals surface area contributed by atoms with Crippen molar-refractivity contribution in [3.05, 3.63) is 15.6 Å². The number of ether oxygens (including phenoxy) is 1. The molecule has 1 fully saturated rings. The first-order valence-electron chi connectivity index (χ1n) is 8.10. The molecule has 2 heterocycles. The number of carbonyl (C=O) groups excluding carboxylic acids is 1. The van der Waals surface area contributed by atoms with Crippen LogP contribution in [0.2, 0.25) is 0 Å². The molecule has 1 atom stereocenters. The summed E-state index contributed by atoms with van der Waals surface area (Å²) in [6.45, 7) is 5.28. The molecule has 1 aliphatic heterocycles. The van der Waals surface area contributed by atoms with Gasteiger partial charge in [0, 0.05) is 19.7 Å². The van der Waals surface area contributed by atoms with Crippen molar-refractivity contribution in [3.8, 4) is 0 Å². The Balaban J connectivity index is 2.11. The van der Waals surface area contributed by atoms with E-state index >= 15 is 0 Å². The van der Waals surface area contributed by atoms with E-state index in [2.05, 4.69) is 11.9 Å². The number of aromatic nitrogens is 1. The van der Waals surface area contributed by atoms with Crippen molar-refractivity contribution >= 4 is 23.2 Å². The van der Waals surface area contributed by atoms with Crippen LogP contribution in [0.25, 0.3) is 0 Å². The first-order valence-corrected chi connectivity index (χ1v) is 8.91. The second-order valence-electron chi connectivity index (χ2n) is 5.80. The first-order chi connectivity index (χ1) is 11.0. The molecule has 7 heteroatoms. The highest BCUT2D eigenvalue weighted by Gasteiger charge is 2.26. The number of aryl methyl sites for hydroxylation is 2. The lowest BCUT2D eigenvalue weighted by Gasteiger charge is -2.24. The van der Waals surface area contributed by atoms with Gasteiger partial charge >= 0.3 is 5.97 Å². The van der Waals surface area contributed by atoms with Crippen LogP contribution in [0.15, 0.2) is 0 Å². The number of rotatable bonds is 8. The fourth-order valence-corrected chi connectivity index (χ4v) is 3.79. The predicted molar refractivity (Wildman–Crippen MR) is 88.0 cm³/mol. The van der Waals surface area contributed by atoms with E-state index in [0.717, 1.165) is 36.4 Å². The molecule has 6 nitrogen and oxygen atoms in total. The number of carboxylic acid groups (broad SMARTS) is 1. The van der Waals surface area contributed by atoms with Gasteiger partial charge in [0.2, 0.25) is 0 Å². The second kappa shape index (κ2) is 8.40. The molecular weight excluding hydrogens is 316 g/mol. The molecule has 1 saturated heterocycles. The molecule has 1 amide bonds. The topological polar surface area (TPSA) is 79.7 Å². The Morgan fingerprint density at radius 1 is 1.48 bits per heavy atom. The monoisotopic (exact) mass is 340 g/mol. The van der Waals surface area contributed by atoms with Crippen molar-refractivity contribution in [2.45, 2.75) is 52.1 Å². The molecule has 0 radical (unpaired) electrons. The van der Waals surface area contributed by atoms with E-state index in [0.29, 0.717) is 18.0 Å². The number of amides is 1. The molecule has 0 spiro atoms. The summed E-state index contributed by atoms with van der Waals surface area (Å²) in [5, 5.41) is 9.89. The lowest BCUT2D eigenvalue weighted by molar-refractivity contribution is -0.137. The van der Waals surface area contributed by atoms with Crippen LogP contribution in [0, 0.1) is 6.92 Å². The largest absolute Gasteiger partial charge is 0.481 e. The van der Waals surface area contributed by atoms with Gasteiger partial charge in [0.1, 0.15) is 4.88 Å². The minimum absolute atomic E-state index is 0.0103. The van der Waals surface area contributed by atoms with Gasteiger partial charge in [0.05, 0.1) is 23.2 Å². The summed E-state index contributed by atoms with van der Waals surface area (Å²) in [5.41, 5.74) is 0.733. The number of nitrogens with zero attached hydrogens (tertiary/aromatic N) is 2. The van der Waals surface area contributed by atoms with Gasteiger partial charge in [-0.25, -0.2) is 4.98 Å². The molecule has 1 aliphatic rings. The third kappa shape index (κ3) is 5.00. The van der Waals surface area contributed by atoms with Crippen molar-refractivity contribution in [3.63, 3.8) is 0 Å². The summed E-state index contributed by atoms with van der Waals surface area (Å²) in [6.07, 6.45) is 3.71. The predicted octanol–water partition coefficient (Wildman–Crippen LogP) is 2.50. The lowest BCUT2D eigenvalue weighted by Crippen LogP contribution is -2.38. The van der Waals surface area contributed by atoms with E-state index in [1.165, 1.54) is 11.3 Å². The molecule has 2 rings (SSSR count). The number of aliphatic carboxylic acids is 1. The molecule has 0 aliphatic carbocycles. The Morgan fingerprint density at radius 2 is 2.26 bits per heavy atom. The van der Waals surface area contributed by atoms with E-state index < -0.39 is 5.97 Å². The van der Waals surface area contributed by atoms with Gasteiger partial charge in [0.15, 0.2) is 0 Å². The van der Waals surface area contributed by atoms with E-state index in [9.17, 15) is 9.59 Å². The summed E-state index contributed by atoms with van der Waals surface area (Å²) in [6, 6.07) is 0. The SMILES string of the molecule is CCCc1nc(C)c(C(=O)N(CCC(=O)O)C[C@@H]2CCCO2)s1. The van der Waals surface area contributed by atoms with E-state index in [4.69, 9.17) is 9.84 Å². The third-order valence-corrected chi connectivity index (χ3v) is 5.03. The molecule has 1 aromatic heterocycles. The van der Waals surface area contributed by atoms with Gasteiger partial charge in [-0.1, -0.05) is 6.92 Å². The zero-order valence-corrected chi connectivity index (χ0v) is 14.5. The van der Waals surface area contributed by atoms with Crippen molar-refractivity contribution in [2.75, 3.05) is 19.7 Å². The van der Waals surface area contributed by atoms with Crippen LogP contribution in [0.5, 0.6) is 0 Å². The Labute approximate surface area is 140 Å². The Bertz CT molecular complexity index is 552. The highest BCUT2D eigenvalue weighted by molar-refractivity contribution is 7.13. The average Bonchev–Trinajstić information content (AvgIpc) is 3.12. The zero-order valence-electron chi connectivity index (χ0n) is 13.7. The highest BCUT2D eigenvalue weighted by Crippen LogP contribution is 2.23. The highest BCUT2D eigenvalue weighted by atomic mass is 32.1. The van der Waals surface area contributed by atoms with Crippen LogP contribution in [0.1, 0.15) is 53.0 Å². The van der Waals surface area contributed by atoms with Crippen LogP contribution >= 0.6 is 11.3 Å². The van der Waals surface area contributed by atoms with Crippen molar-refractivity contribution in [2.24, 2.45) is 0 Å². The average molecular weight is 340 g/mol. The number of carbonyl (C=O) groups is 2. The summed E-state index contributed by atoms with van der Waals surface area (Å²) >= 11 is 1.42. The fourth-order valence-electron chi connectivity index (χ4n) is 2.66. The summed E-state index contributed by atoms with van der Waals surface area (Å²) in [5.74, 6) is -1.03. The standard InChI is InChI=1S/C16H24N2O4S/c1-3-5-13-17-11(2)15(23-13)16(21)18(8-7-14(19)20)10-12-6-4-9-22-12/h12H,3-10H2,1-2H3,(H,19,20)/t12-/m0/s1. The molecule has 0 aromatic carbocycles. The Morgan fingerprint density at radius 3 is 2.87 bits per heavy atom. The van der Waals surface area contributed by atoms with Crippen molar-refractivity contribution < 1.29 is 19.4 Å². The van der Waals surface area contributed by atoms with Crippen LogP contribution in [0.3, 0.4) is 0 Å². The van der Waals surface area contributed by atoms with Gasteiger partial charge in [0.25, 0.3) is 5.91 Å². The smallest absolute Gasteiger partial charge is 0.305 e. The van der Waals surface area contributed by atoms with Crippen LogP contribution in [-0.2, 0) is 16.0 Å². The maximum atomic E-state index is 12.8. The van der Waals surface area contributed by atoms with Gasteiger partial charge in [-0.15, -0.1) is 11.3 Å². The molecule has 128 valence electrons. The third-order valence-electron chi connectivity index (χ3n) is 3.83. The van der Waals surface area contributed by atoms with Gasteiger partial charge in [-0.2, -0.15) is 0 Å². The quantitative estimate of drug-likeness (QED) is 0.786. The number of hydrogen-bond donors (Lipinski definition) is 1. The normalized spacial score (nSPS) is 17.4. The van der Waals surface area contributed by atoms with Crippen LogP contribution in [0.4, 0.5) is 0 Å². The zero-order chi connectivity index (χ0) is 16.8. The van der Waals surface area contributed by atoms with E-state index in [1.54, 1.807) is 4.90 Å². The Hall–Kier alpha value is -1.47. The minimum Gasteiger partial charge on any atom is -0.481 e. The molecule has 0 unspecified atom stereocenters. The number of hydrogen-bond acceptors (Lipinski definition) is 5. The molecule has 23 heavy (non-hydrogen) atoms. The second-order valence-corrected chi connectivity index (χ2v) is 6.89. The molecule has 0 saturated carbocycles. The minimum atomic E-state index is -0.900. The first kappa shape index (κ1) is 17.9. The summed E-state index contributed by atoms with van der Waals surface area (Å²) < 4.78 is 5.60. The molecule has 1 N–H and O–H groups in total. The lowest BCUT2D eigenvalue weighted by atomic mass is 10.2. The van der Waals surface area contributed by atoms with Crippen LogP contribution in [-0.4, -0.2) is 52.7 Å². The summed E-state index contributed by atoms with van der Waals surface area (Å²) in [7, 11) is 0. The maximum Gasteiger partial charge on any atom is 0.305 e. The summed E-state index contributed by atoms with van der Waals surface area (Å²) in [4.78, 5) is 30.4. The van der Waals surface area contributed by atoms with Crippen molar-refractivity contribution in [1.29, 1.82) is 0 Å². The van der Waals surface area contributed by atoms with Crippen LogP contribution < -0.4 is 0 Å². The van der Waals surface area contributed by atoms with Gasteiger partial charge < -0.3 is 14.7 Å². The molecule has 0 bridgehead atoms. The molecule has 1 aromatic rings.